The molecule has 1 saturated heterocycles. The molecule has 0 bridgehead atoms. The Kier molecular flexibility index (Phi) is 8.83. The van der Waals surface area contributed by atoms with E-state index in [0.29, 0.717) is 17.1 Å². The van der Waals surface area contributed by atoms with Crippen molar-refractivity contribution in [2.45, 2.75) is 38.6 Å². The molecule has 2 aliphatic rings. The third-order valence-corrected chi connectivity index (χ3v) is 7.44. The maximum Gasteiger partial charge on any atom is 0.336 e. The van der Waals surface area contributed by atoms with Crippen molar-refractivity contribution in [2.24, 2.45) is 12.0 Å². The van der Waals surface area contributed by atoms with Gasteiger partial charge in [0, 0.05) is 55.7 Å². The molecule has 1 aromatic heterocycles. The number of hydrogen-bond donors (Lipinski definition) is 0. The topological polar surface area (TPSA) is 102 Å². The fourth-order valence-electron chi connectivity index (χ4n) is 5.45. The van der Waals surface area contributed by atoms with E-state index in [-0.39, 0.29) is 17.1 Å². The molecule has 204 valence electrons. The average molecular weight is 524 g/mol. The summed E-state index contributed by atoms with van der Waals surface area (Å²) in [6, 6.07) is 10.6. The van der Waals surface area contributed by atoms with Crippen LogP contribution in [-0.4, -0.2) is 78.6 Å². The van der Waals surface area contributed by atoms with E-state index in [4.69, 9.17) is 9.47 Å². The van der Waals surface area contributed by atoms with Gasteiger partial charge in [0.1, 0.15) is 11.7 Å². The number of hydrogen-bond acceptors (Lipinski definition) is 8. The van der Waals surface area contributed by atoms with Crippen LogP contribution < -0.4 is 9.64 Å². The van der Waals surface area contributed by atoms with Gasteiger partial charge in [0.05, 0.1) is 30.7 Å². The van der Waals surface area contributed by atoms with Crippen LogP contribution in [0.5, 0.6) is 5.75 Å². The van der Waals surface area contributed by atoms with Crippen molar-refractivity contribution in [3.05, 3.63) is 69.7 Å². The summed E-state index contributed by atoms with van der Waals surface area (Å²) in [6.45, 7) is 8.34. The largest absolute Gasteiger partial charge is 0.495 e. The zero-order valence-electron chi connectivity index (χ0n) is 22.6. The predicted molar refractivity (Wildman–Crippen MR) is 147 cm³/mol. The number of methoxy groups -OCH3 is 1. The summed E-state index contributed by atoms with van der Waals surface area (Å²) in [6.07, 6.45) is 3.44. The fraction of sp³-hybridized carbons (Fsp3) is 0.500. The highest BCUT2D eigenvalue weighted by Crippen LogP contribution is 2.37. The van der Waals surface area contributed by atoms with Gasteiger partial charge < -0.3 is 18.9 Å². The van der Waals surface area contributed by atoms with E-state index in [9.17, 15) is 14.9 Å². The number of aromatic nitrogens is 1. The Balaban J connectivity index is 1.28. The first-order valence-electron chi connectivity index (χ1n) is 13.1. The highest BCUT2D eigenvalue weighted by molar-refractivity contribution is 5.98. The van der Waals surface area contributed by atoms with Crippen molar-refractivity contribution >= 4 is 17.4 Å². The van der Waals surface area contributed by atoms with Gasteiger partial charge in [-0.15, -0.1) is 0 Å². The summed E-state index contributed by atoms with van der Waals surface area (Å²) in [5, 5.41) is 12.0. The zero-order valence-corrected chi connectivity index (χ0v) is 22.6. The number of nitrogens with zero attached hydrogens (tertiary/aromatic N) is 5. The molecular weight excluding hydrogens is 486 g/mol. The molecule has 2 aliphatic heterocycles. The minimum atomic E-state index is -1.11. The Morgan fingerprint density at radius 3 is 2.50 bits per heavy atom. The van der Waals surface area contributed by atoms with E-state index in [2.05, 4.69) is 20.9 Å². The van der Waals surface area contributed by atoms with Crippen LogP contribution in [0.1, 0.15) is 38.3 Å². The molecule has 0 saturated carbocycles. The molecule has 2 unspecified atom stereocenters. The van der Waals surface area contributed by atoms with Gasteiger partial charge in [-0.2, -0.15) is 0 Å². The first kappa shape index (κ1) is 27.4. The number of aryl methyl sites for hydroxylation is 1. The van der Waals surface area contributed by atoms with Gasteiger partial charge in [-0.1, -0.05) is 12.1 Å². The molecule has 2 aromatic rings. The maximum absolute atomic E-state index is 13.2. The summed E-state index contributed by atoms with van der Waals surface area (Å²) in [4.78, 5) is 33.9. The number of carbonyl (C=O) groups excluding carboxylic acids is 1. The highest BCUT2D eigenvalue weighted by Gasteiger charge is 2.45. The Hall–Kier alpha value is -3.66. The zero-order chi connectivity index (χ0) is 27.2. The van der Waals surface area contributed by atoms with Gasteiger partial charge >= 0.3 is 5.97 Å². The molecule has 38 heavy (non-hydrogen) atoms. The first-order chi connectivity index (χ1) is 18.3. The van der Waals surface area contributed by atoms with Gasteiger partial charge in [0.2, 0.25) is 0 Å². The number of carbonyl (C=O) groups is 1. The van der Waals surface area contributed by atoms with E-state index in [0.717, 1.165) is 57.0 Å². The lowest BCUT2D eigenvalue weighted by Gasteiger charge is -2.36. The van der Waals surface area contributed by atoms with Crippen LogP contribution >= 0.6 is 0 Å². The Morgan fingerprint density at radius 1 is 1.11 bits per heavy atom. The maximum atomic E-state index is 13.2. The normalized spacial score (nSPS) is 20.3. The number of para-hydroxylation sites is 2. The van der Waals surface area contributed by atoms with Crippen LogP contribution in [0.15, 0.2) is 58.9 Å². The quantitative estimate of drug-likeness (QED) is 0.203. The van der Waals surface area contributed by atoms with E-state index < -0.39 is 17.9 Å². The van der Waals surface area contributed by atoms with Crippen LogP contribution in [0.25, 0.3) is 0 Å². The molecule has 0 N–H and O–H groups in total. The van der Waals surface area contributed by atoms with Crippen molar-refractivity contribution in [3.63, 3.8) is 0 Å². The van der Waals surface area contributed by atoms with Crippen molar-refractivity contribution in [2.75, 3.05) is 51.3 Å². The second-order valence-corrected chi connectivity index (χ2v) is 9.85. The summed E-state index contributed by atoms with van der Waals surface area (Å²) < 4.78 is 12.9. The Bertz CT molecular complexity index is 1210. The number of rotatable bonds is 10. The SMILES string of the molecule is COc1ccccc1N1CCN(CCCCOC(=O)C2=C(C)N=C(C)C([N+](=O)[O-])C2c2cccn2C)CC1. The van der Waals surface area contributed by atoms with E-state index in [1.807, 2.05) is 48.1 Å². The standard InChI is InChI=1S/C28H37N5O5/c1-20-25(26(23-11-9-13-30(23)3)27(33(35)36)21(2)29-20)28(34)38-19-8-7-14-31-15-17-32(18-16-31)22-10-5-6-12-24(22)37-4/h5-6,9-13,26-27H,7-8,14-19H2,1-4H3. The average Bonchev–Trinajstić information content (AvgIpc) is 3.33. The number of benzene rings is 1. The number of aliphatic imine (C=N–C) groups is 1. The van der Waals surface area contributed by atoms with E-state index in [1.54, 1.807) is 21.0 Å². The Labute approximate surface area is 223 Å². The molecule has 1 aromatic carbocycles. The first-order valence-corrected chi connectivity index (χ1v) is 13.1. The van der Waals surface area contributed by atoms with Crippen LogP contribution in [-0.2, 0) is 16.6 Å². The number of ether oxygens (including phenoxy) is 2. The summed E-state index contributed by atoms with van der Waals surface area (Å²) in [7, 11) is 3.52. The number of nitro groups is 1. The third-order valence-electron chi connectivity index (χ3n) is 7.44. The lowest BCUT2D eigenvalue weighted by molar-refractivity contribution is -0.505. The molecule has 0 radical (unpaired) electrons. The van der Waals surface area contributed by atoms with Crippen molar-refractivity contribution in [3.8, 4) is 5.75 Å². The molecule has 0 aliphatic carbocycles. The van der Waals surface area contributed by atoms with Crippen molar-refractivity contribution in [1.29, 1.82) is 0 Å². The molecule has 4 rings (SSSR count). The summed E-state index contributed by atoms with van der Waals surface area (Å²) >= 11 is 0. The van der Waals surface area contributed by atoms with Gasteiger partial charge in [-0.25, -0.2) is 4.79 Å². The number of piperazine rings is 1. The van der Waals surface area contributed by atoms with Gasteiger partial charge in [-0.05, 0) is 57.5 Å². The molecule has 1 fully saturated rings. The fourth-order valence-corrected chi connectivity index (χ4v) is 5.45. The molecule has 10 heteroatoms. The predicted octanol–water partition coefficient (Wildman–Crippen LogP) is 3.66. The van der Waals surface area contributed by atoms with Gasteiger partial charge in [-0.3, -0.25) is 20.0 Å². The van der Waals surface area contributed by atoms with E-state index in [1.165, 1.54) is 0 Å². The second-order valence-electron chi connectivity index (χ2n) is 9.85. The highest BCUT2D eigenvalue weighted by atomic mass is 16.6. The molecule has 10 nitrogen and oxygen atoms in total. The number of unbranched alkanes of at least 4 members (excludes halogenated alkanes) is 1. The minimum absolute atomic E-state index is 0.266. The lowest BCUT2D eigenvalue weighted by atomic mass is 9.83. The van der Waals surface area contributed by atoms with E-state index >= 15 is 0 Å². The van der Waals surface area contributed by atoms with Crippen LogP contribution in [0.3, 0.4) is 0 Å². The Morgan fingerprint density at radius 2 is 1.84 bits per heavy atom. The summed E-state index contributed by atoms with van der Waals surface area (Å²) in [5.74, 6) is -0.373. The molecular formula is C28H37N5O5. The molecule has 3 heterocycles. The number of anilines is 1. The van der Waals surface area contributed by atoms with Crippen LogP contribution in [0.4, 0.5) is 5.69 Å². The molecule has 0 amide bonds. The molecule has 0 spiro atoms. The van der Waals surface area contributed by atoms with Crippen molar-refractivity contribution < 1.29 is 19.2 Å². The second kappa shape index (κ2) is 12.3. The monoisotopic (exact) mass is 523 g/mol. The number of esters is 1. The van der Waals surface area contributed by atoms with Gasteiger partial charge in [0.15, 0.2) is 0 Å². The van der Waals surface area contributed by atoms with Crippen LogP contribution in [0, 0.1) is 10.1 Å². The molecule has 2 atom stereocenters. The van der Waals surface area contributed by atoms with Crippen LogP contribution in [0.2, 0.25) is 0 Å². The third kappa shape index (κ3) is 5.91. The summed E-state index contributed by atoms with van der Waals surface area (Å²) in [5.41, 5.74) is 2.96. The lowest BCUT2D eigenvalue weighted by Crippen LogP contribution is -2.46. The van der Waals surface area contributed by atoms with Gasteiger partial charge in [0.25, 0.3) is 6.04 Å². The van der Waals surface area contributed by atoms with Crippen molar-refractivity contribution in [1.82, 2.24) is 9.47 Å². The minimum Gasteiger partial charge on any atom is -0.495 e. The number of allylic oxidation sites excluding steroid dienone is 1. The smallest absolute Gasteiger partial charge is 0.336 e.